The van der Waals surface area contributed by atoms with Crippen molar-refractivity contribution in [1.29, 1.82) is 0 Å². The van der Waals surface area contributed by atoms with Gasteiger partial charge in [-0.05, 0) is 45.0 Å². The summed E-state index contributed by atoms with van der Waals surface area (Å²) in [7, 11) is 1.36. The van der Waals surface area contributed by atoms with Crippen LogP contribution in [0.2, 0.25) is 0 Å². The molecule has 0 bridgehead atoms. The Morgan fingerprint density at radius 2 is 2.00 bits per heavy atom. The molecule has 0 aromatic heterocycles. The highest BCUT2D eigenvalue weighted by Crippen LogP contribution is 2.28. The molecule has 6 nitrogen and oxygen atoms in total. The Bertz CT molecular complexity index is 632. The van der Waals surface area contributed by atoms with Crippen LogP contribution in [0.25, 0.3) is 0 Å². The van der Waals surface area contributed by atoms with E-state index in [1.54, 1.807) is 12.1 Å². The summed E-state index contributed by atoms with van der Waals surface area (Å²) < 4.78 is 10.6. The Morgan fingerprint density at radius 1 is 1.28 bits per heavy atom. The summed E-state index contributed by atoms with van der Waals surface area (Å²) in [6, 6.07) is 5.27. The number of ether oxygens (including phenoxy) is 2. The number of hydrogen-bond acceptors (Lipinski definition) is 5. The van der Waals surface area contributed by atoms with Gasteiger partial charge in [0, 0.05) is 18.0 Å². The van der Waals surface area contributed by atoms with Gasteiger partial charge in [-0.15, -0.1) is 0 Å². The van der Waals surface area contributed by atoms with Crippen molar-refractivity contribution in [2.45, 2.75) is 32.4 Å². The van der Waals surface area contributed by atoms with Crippen LogP contribution in [0, 0.1) is 5.92 Å². The van der Waals surface area contributed by atoms with Crippen LogP contribution in [0.5, 0.6) is 5.75 Å². The Hall–Kier alpha value is -1.73. The summed E-state index contributed by atoms with van der Waals surface area (Å²) >= 11 is 0. The molecule has 1 saturated heterocycles. The predicted molar refractivity (Wildman–Crippen MR) is 99.3 cm³/mol. The van der Waals surface area contributed by atoms with Crippen LogP contribution in [0.1, 0.15) is 35.7 Å². The first-order valence-electron chi connectivity index (χ1n) is 8.45. The highest BCUT2D eigenvalue weighted by molar-refractivity contribution is 7.59. The lowest BCUT2D eigenvalue weighted by molar-refractivity contribution is -0.139. The molecular formula is C18H26N2O4S. The Balaban J connectivity index is 0.00000225. The van der Waals surface area contributed by atoms with Crippen molar-refractivity contribution in [3.63, 3.8) is 0 Å². The fraction of sp³-hybridized carbons (Fsp3) is 0.556. The second-order valence-corrected chi connectivity index (χ2v) is 6.46. The molecule has 0 saturated carbocycles. The van der Waals surface area contributed by atoms with Crippen LogP contribution < -0.4 is 10.1 Å². The standard InChI is InChI=1S/C18H24N2O4.H2S/c1-12-11-24-16-9-14(18(22)23-2)3-4-15(16)10-20(12)17(21)13-5-7-19-8-6-13;/h3-4,9,12-13,19H,5-8,10-11H2,1-2H3;1H2/t12-;/m0./s1. The number of hydrogen-bond donors (Lipinski definition) is 1. The molecule has 0 radical (unpaired) electrons. The maximum Gasteiger partial charge on any atom is 0.337 e. The number of benzene rings is 1. The van der Waals surface area contributed by atoms with Crippen molar-refractivity contribution in [3.05, 3.63) is 29.3 Å². The van der Waals surface area contributed by atoms with Crippen molar-refractivity contribution in [2.24, 2.45) is 5.92 Å². The van der Waals surface area contributed by atoms with Crippen molar-refractivity contribution in [1.82, 2.24) is 10.2 Å². The average Bonchev–Trinajstić information content (AvgIpc) is 2.80. The number of carbonyl (C=O) groups excluding carboxylic acids is 2. The van der Waals surface area contributed by atoms with Crippen LogP contribution in [-0.4, -0.2) is 49.6 Å². The number of methoxy groups -OCH3 is 1. The normalized spacial score (nSPS) is 20.6. The van der Waals surface area contributed by atoms with Gasteiger partial charge in [0.1, 0.15) is 12.4 Å². The maximum atomic E-state index is 12.9. The lowest BCUT2D eigenvalue weighted by atomic mass is 9.95. The lowest BCUT2D eigenvalue weighted by Gasteiger charge is -2.32. The molecule has 1 aromatic carbocycles. The van der Waals surface area contributed by atoms with E-state index in [-0.39, 0.29) is 37.3 Å². The zero-order valence-corrected chi connectivity index (χ0v) is 15.7. The second-order valence-electron chi connectivity index (χ2n) is 6.46. The van der Waals surface area contributed by atoms with Crippen LogP contribution in [-0.2, 0) is 16.1 Å². The zero-order chi connectivity index (χ0) is 17.1. The topological polar surface area (TPSA) is 67.9 Å². The molecular weight excluding hydrogens is 340 g/mol. The SMILES string of the molecule is COC(=O)c1ccc2c(c1)OC[C@H](C)N(C(=O)C1CCNCC1)C2.S. The second kappa shape index (κ2) is 8.58. The van der Waals surface area contributed by atoms with E-state index < -0.39 is 0 Å². The fourth-order valence-corrected chi connectivity index (χ4v) is 3.30. The van der Waals surface area contributed by atoms with E-state index in [1.165, 1.54) is 7.11 Å². The number of nitrogens with zero attached hydrogens (tertiary/aromatic N) is 1. The summed E-state index contributed by atoms with van der Waals surface area (Å²) in [5.41, 5.74) is 1.39. The van der Waals surface area contributed by atoms with Crippen LogP contribution in [0.4, 0.5) is 0 Å². The largest absolute Gasteiger partial charge is 0.491 e. The van der Waals surface area contributed by atoms with Gasteiger partial charge >= 0.3 is 5.97 Å². The third kappa shape index (κ3) is 4.27. The van der Waals surface area contributed by atoms with Gasteiger partial charge in [0.15, 0.2) is 0 Å². The molecule has 25 heavy (non-hydrogen) atoms. The van der Waals surface area contributed by atoms with Gasteiger partial charge in [0.2, 0.25) is 5.91 Å². The first-order valence-corrected chi connectivity index (χ1v) is 8.45. The smallest absolute Gasteiger partial charge is 0.337 e. The van der Waals surface area contributed by atoms with E-state index >= 15 is 0 Å². The minimum atomic E-state index is -0.388. The molecule has 2 aliphatic rings. The fourth-order valence-electron chi connectivity index (χ4n) is 3.30. The summed E-state index contributed by atoms with van der Waals surface area (Å²) in [4.78, 5) is 26.5. The average molecular weight is 366 g/mol. The molecule has 3 rings (SSSR count). The van der Waals surface area contributed by atoms with Crippen LogP contribution in [0.15, 0.2) is 18.2 Å². The first kappa shape index (κ1) is 19.6. The molecule has 2 heterocycles. The number of esters is 1. The van der Waals surface area contributed by atoms with Gasteiger partial charge < -0.3 is 19.7 Å². The predicted octanol–water partition coefficient (Wildman–Crippen LogP) is 1.70. The molecule has 0 spiro atoms. The van der Waals surface area contributed by atoms with Crippen molar-refractivity contribution in [3.8, 4) is 5.75 Å². The van der Waals surface area contributed by atoms with Crippen molar-refractivity contribution >= 4 is 25.4 Å². The number of fused-ring (bicyclic) bond motifs is 1. The Morgan fingerprint density at radius 3 is 2.68 bits per heavy atom. The molecule has 1 fully saturated rings. The zero-order valence-electron chi connectivity index (χ0n) is 14.7. The minimum absolute atomic E-state index is 0. The molecule has 1 aromatic rings. The number of nitrogens with one attached hydrogen (secondary N) is 1. The van der Waals surface area contributed by atoms with E-state index in [9.17, 15) is 9.59 Å². The van der Waals surface area contributed by atoms with Gasteiger partial charge in [-0.1, -0.05) is 6.07 Å². The molecule has 1 atom stereocenters. The molecule has 0 aliphatic carbocycles. The molecule has 138 valence electrons. The summed E-state index contributed by atoms with van der Waals surface area (Å²) in [6.07, 6.45) is 1.77. The molecule has 7 heteroatoms. The highest BCUT2D eigenvalue weighted by atomic mass is 32.1. The van der Waals surface area contributed by atoms with Crippen molar-refractivity contribution in [2.75, 3.05) is 26.8 Å². The van der Waals surface area contributed by atoms with Crippen LogP contribution >= 0.6 is 13.5 Å². The monoisotopic (exact) mass is 366 g/mol. The highest BCUT2D eigenvalue weighted by Gasteiger charge is 2.31. The minimum Gasteiger partial charge on any atom is -0.491 e. The van der Waals surface area contributed by atoms with Gasteiger partial charge in [0.25, 0.3) is 0 Å². The third-order valence-corrected chi connectivity index (χ3v) is 4.81. The first-order chi connectivity index (χ1) is 11.6. The van der Waals surface area contributed by atoms with Crippen LogP contribution in [0.3, 0.4) is 0 Å². The molecule has 0 unspecified atom stereocenters. The van der Waals surface area contributed by atoms with E-state index in [0.29, 0.717) is 24.5 Å². The number of piperidine rings is 1. The molecule has 1 amide bonds. The molecule has 2 aliphatic heterocycles. The number of carbonyl (C=O) groups is 2. The summed E-state index contributed by atoms with van der Waals surface area (Å²) in [6.45, 7) is 4.74. The van der Waals surface area contributed by atoms with E-state index in [4.69, 9.17) is 9.47 Å². The third-order valence-electron chi connectivity index (χ3n) is 4.81. The van der Waals surface area contributed by atoms with E-state index in [0.717, 1.165) is 31.5 Å². The van der Waals surface area contributed by atoms with E-state index in [2.05, 4.69) is 5.32 Å². The Kier molecular flexibility index (Phi) is 6.72. The summed E-state index contributed by atoms with van der Waals surface area (Å²) in [5, 5.41) is 3.29. The number of amides is 1. The lowest BCUT2D eigenvalue weighted by Crippen LogP contribution is -2.45. The molecule has 1 N–H and O–H groups in total. The van der Waals surface area contributed by atoms with Gasteiger partial charge in [-0.25, -0.2) is 4.79 Å². The Labute approximate surface area is 155 Å². The quantitative estimate of drug-likeness (QED) is 0.807. The number of rotatable bonds is 2. The maximum absolute atomic E-state index is 12.9. The summed E-state index contributed by atoms with van der Waals surface area (Å²) in [5.74, 6) is 0.564. The van der Waals surface area contributed by atoms with Gasteiger partial charge in [0.05, 0.1) is 18.7 Å². The van der Waals surface area contributed by atoms with Gasteiger partial charge in [-0.3, -0.25) is 4.79 Å². The van der Waals surface area contributed by atoms with Gasteiger partial charge in [-0.2, -0.15) is 13.5 Å². The van der Waals surface area contributed by atoms with E-state index in [1.807, 2.05) is 17.9 Å². The van der Waals surface area contributed by atoms with Crippen molar-refractivity contribution < 1.29 is 19.1 Å².